The first-order chi connectivity index (χ1) is 14.2. The van der Waals surface area contributed by atoms with Crippen LogP contribution in [0.1, 0.15) is 44.5 Å². The summed E-state index contributed by atoms with van der Waals surface area (Å²) in [7, 11) is 0. The van der Waals surface area contributed by atoms with Crippen molar-refractivity contribution in [3.8, 4) is 0 Å². The fourth-order valence-corrected chi connectivity index (χ4v) is 3.70. The highest BCUT2D eigenvalue weighted by Gasteiger charge is 2.14. The highest BCUT2D eigenvalue weighted by atomic mass is 15.2. The van der Waals surface area contributed by atoms with Gasteiger partial charge in [-0.2, -0.15) is 0 Å². The van der Waals surface area contributed by atoms with Crippen LogP contribution in [0.5, 0.6) is 0 Å². The summed E-state index contributed by atoms with van der Waals surface area (Å²) in [6.45, 7) is 11.3. The van der Waals surface area contributed by atoms with Crippen LogP contribution in [-0.2, 0) is 13.1 Å². The van der Waals surface area contributed by atoms with Crippen molar-refractivity contribution < 1.29 is 0 Å². The lowest BCUT2D eigenvalue weighted by molar-refractivity contribution is 0.191. The lowest BCUT2D eigenvalue weighted by Gasteiger charge is -2.30. The molecule has 0 amide bonds. The Morgan fingerprint density at radius 2 is 1.97 bits per heavy atom. The minimum atomic E-state index is 0.569. The number of guanidine groups is 1. The number of nitrogens with zero attached hydrogens (tertiary/aromatic N) is 4. The molecule has 0 spiro atoms. The molecule has 0 atom stereocenters. The van der Waals surface area contributed by atoms with Crippen molar-refractivity contribution in [3.63, 3.8) is 0 Å². The first-order valence-electron chi connectivity index (χ1n) is 11.0. The molecule has 0 saturated carbocycles. The predicted octanol–water partition coefficient (Wildman–Crippen LogP) is 3.11. The van der Waals surface area contributed by atoms with E-state index in [1.165, 1.54) is 38.0 Å². The number of likely N-dealkylation sites (tertiary alicyclic amines) is 1. The molecule has 3 rings (SSSR count). The van der Waals surface area contributed by atoms with Crippen LogP contribution >= 0.6 is 0 Å². The SMILES string of the molecule is CCNC(=NCc1nccn1Cc1ccccc1)NCCCN1CCC(C)CC1. The molecule has 6 heteroatoms. The maximum atomic E-state index is 4.75. The van der Waals surface area contributed by atoms with E-state index in [1.807, 2.05) is 18.5 Å². The van der Waals surface area contributed by atoms with Gasteiger partial charge in [0.05, 0.1) is 0 Å². The molecule has 0 aliphatic carbocycles. The number of aromatic nitrogens is 2. The summed E-state index contributed by atoms with van der Waals surface area (Å²) in [6.07, 6.45) is 7.70. The van der Waals surface area contributed by atoms with Gasteiger partial charge in [-0.15, -0.1) is 0 Å². The van der Waals surface area contributed by atoms with E-state index in [9.17, 15) is 0 Å². The third-order valence-corrected chi connectivity index (χ3v) is 5.54. The second-order valence-electron chi connectivity index (χ2n) is 7.96. The molecule has 2 aromatic rings. The second-order valence-corrected chi connectivity index (χ2v) is 7.96. The number of nitrogens with one attached hydrogen (secondary N) is 2. The van der Waals surface area contributed by atoms with Gasteiger partial charge in [0, 0.05) is 32.0 Å². The van der Waals surface area contributed by atoms with E-state index in [0.717, 1.165) is 43.8 Å². The summed E-state index contributed by atoms with van der Waals surface area (Å²) in [5, 5.41) is 6.82. The van der Waals surface area contributed by atoms with Crippen molar-refractivity contribution in [2.24, 2.45) is 10.9 Å². The molecule has 29 heavy (non-hydrogen) atoms. The van der Waals surface area contributed by atoms with Crippen LogP contribution < -0.4 is 10.6 Å². The van der Waals surface area contributed by atoms with Crippen molar-refractivity contribution in [2.75, 3.05) is 32.7 Å². The van der Waals surface area contributed by atoms with Gasteiger partial charge in [-0.3, -0.25) is 0 Å². The average Bonchev–Trinajstić information content (AvgIpc) is 3.18. The van der Waals surface area contributed by atoms with E-state index >= 15 is 0 Å². The monoisotopic (exact) mass is 396 g/mol. The minimum Gasteiger partial charge on any atom is -0.357 e. The van der Waals surface area contributed by atoms with Crippen LogP contribution in [0.4, 0.5) is 0 Å². The number of aliphatic imine (C=N–C) groups is 1. The number of hydrogen-bond acceptors (Lipinski definition) is 3. The van der Waals surface area contributed by atoms with Crippen LogP contribution in [0.3, 0.4) is 0 Å². The molecule has 158 valence electrons. The van der Waals surface area contributed by atoms with Gasteiger partial charge in [-0.05, 0) is 57.3 Å². The number of hydrogen-bond donors (Lipinski definition) is 2. The Morgan fingerprint density at radius 1 is 1.17 bits per heavy atom. The Morgan fingerprint density at radius 3 is 2.72 bits per heavy atom. The normalized spacial score (nSPS) is 16.1. The number of rotatable bonds is 9. The Kier molecular flexibility index (Phi) is 8.56. The summed E-state index contributed by atoms with van der Waals surface area (Å²) in [5.74, 6) is 2.74. The predicted molar refractivity (Wildman–Crippen MR) is 120 cm³/mol. The maximum Gasteiger partial charge on any atom is 0.191 e. The molecule has 6 nitrogen and oxygen atoms in total. The lowest BCUT2D eigenvalue weighted by Crippen LogP contribution is -2.39. The van der Waals surface area contributed by atoms with Crippen LogP contribution in [0.15, 0.2) is 47.7 Å². The van der Waals surface area contributed by atoms with Gasteiger partial charge in [0.25, 0.3) is 0 Å². The summed E-state index contributed by atoms with van der Waals surface area (Å²) < 4.78 is 2.17. The summed E-state index contributed by atoms with van der Waals surface area (Å²) in [4.78, 5) is 11.8. The van der Waals surface area contributed by atoms with Gasteiger partial charge in [0.1, 0.15) is 12.4 Å². The molecule has 0 bridgehead atoms. The lowest BCUT2D eigenvalue weighted by atomic mass is 9.99. The molecule has 1 saturated heterocycles. The van der Waals surface area contributed by atoms with Crippen LogP contribution in [0.2, 0.25) is 0 Å². The van der Waals surface area contributed by atoms with E-state index in [2.05, 4.69) is 63.2 Å². The quantitative estimate of drug-likeness (QED) is 0.388. The highest BCUT2D eigenvalue weighted by Crippen LogP contribution is 2.15. The average molecular weight is 397 g/mol. The molecule has 1 aliphatic heterocycles. The van der Waals surface area contributed by atoms with Gasteiger partial charge < -0.3 is 20.1 Å². The third kappa shape index (κ3) is 7.20. The van der Waals surface area contributed by atoms with Crippen molar-refractivity contribution >= 4 is 5.96 Å². The summed E-state index contributed by atoms with van der Waals surface area (Å²) in [6, 6.07) is 10.5. The van der Waals surface area contributed by atoms with Crippen LogP contribution in [0, 0.1) is 5.92 Å². The van der Waals surface area contributed by atoms with E-state index in [4.69, 9.17) is 4.99 Å². The van der Waals surface area contributed by atoms with Crippen LogP contribution in [-0.4, -0.2) is 53.1 Å². The molecular weight excluding hydrogens is 360 g/mol. The standard InChI is InChI=1S/C23H36N6/c1-3-24-23(26-12-7-14-28-15-10-20(2)11-16-28)27-18-22-25-13-17-29(22)19-21-8-5-4-6-9-21/h4-6,8-9,13,17,20H,3,7,10-12,14-16,18-19H2,1-2H3,(H2,24,26,27). The zero-order chi connectivity index (χ0) is 20.3. The molecule has 2 heterocycles. The third-order valence-electron chi connectivity index (χ3n) is 5.54. The summed E-state index contributed by atoms with van der Waals surface area (Å²) in [5.41, 5.74) is 1.27. The molecular formula is C23H36N6. The molecule has 1 aromatic heterocycles. The van der Waals surface area contributed by atoms with Gasteiger partial charge in [-0.25, -0.2) is 9.98 Å². The first kappa shape index (κ1) is 21.4. The fourth-order valence-electron chi connectivity index (χ4n) is 3.70. The van der Waals surface area contributed by atoms with Gasteiger partial charge in [0.2, 0.25) is 0 Å². The number of benzene rings is 1. The topological polar surface area (TPSA) is 57.5 Å². The minimum absolute atomic E-state index is 0.569. The Bertz CT molecular complexity index is 731. The van der Waals surface area contributed by atoms with Crippen molar-refractivity contribution in [1.82, 2.24) is 25.1 Å². The largest absolute Gasteiger partial charge is 0.357 e. The van der Waals surface area contributed by atoms with E-state index < -0.39 is 0 Å². The van der Waals surface area contributed by atoms with E-state index in [1.54, 1.807) is 0 Å². The van der Waals surface area contributed by atoms with Crippen molar-refractivity contribution in [1.29, 1.82) is 0 Å². The first-order valence-corrected chi connectivity index (χ1v) is 11.0. The smallest absolute Gasteiger partial charge is 0.191 e. The van der Waals surface area contributed by atoms with Crippen molar-refractivity contribution in [3.05, 3.63) is 54.1 Å². The summed E-state index contributed by atoms with van der Waals surface area (Å²) >= 11 is 0. The molecule has 0 radical (unpaired) electrons. The molecule has 1 aliphatic rings. The molecule has 1 aromatic carbocycles. The van der Waals surface area contributed by atoms with Crippen LogP contribution in [0.25, 0.3) is 0 Å². The second kappa shape index (κ2) is 11.6. The van der Waals surface area contributed by atoms with E-state index in [-0.39, 0.29) is 0 Å². The molecule has 2 N–H and O–H groups in total. The highest BCUT2D eigenvalue weighted by molar-refractivity contribution is 5.79. The number of imidazole rings is 1. The Balaban J connectivity index is 1.46. The Hall–Kier alpha value is -2.34. The zero-order valence-corrected chi connectivity index (χ0v) is 18.0. The molecule has 0 unspecified atom stereocenters. The fraction of sp³-hybridized carbons (Fsp3) is 0.565. The van der Waals surface area contributed by atoms with E-state index in [0.29, 0.717) is 6.54 Å². The van der Waals surface area contributed by atoms with Gasteiger partial charge >= 0.3 is 0 Å². The van der Waals surface area contributed by atoms with Gasteiger partial charge in [-0.1, -0.05) is 37.3 Å². The Labute approximate surface area is 175 Å². The zero-order valence-electron chi connectivity index (χ0n) is 18.0. The maximum absolute atomic E-state index is 4.75. The molecule has 1 fully saturated rings. The van der Waals surface area contributed by atoms with Crippen molar-refractivity contribution in [2.45, 2.75) is 46.2 Å². The van der Waals surface area contributed by atoms with Gasteiger partial charge in [0.15, 0.2) is 5.96 Å². The number of piperidine rings is 1.